The molecule has 2 rings (SSSR count). The van der Waals surface area contributed by atoms with E-state index in [1.54, 1.807) is 0 Å². The van der Waals surface area contributed by atoms with E-state index in [-0.39, 0.29) is 0 Å². The zero-order valence-electron chi connectivity index (χ0n) is 14.2. The number of hydrazine groups is 1. The normalized spacial score (nSPS) is 10.2. The van der Waals surface area contributed by atoms with Gasteiger partial charge in [-0.15, -0.1) is 0 Å². The smallest absolute Gasteiger partial charge is 0.116 e. The molecule has 24 heavy (non-hydrogen) atoms. The molecule has 0 heterocycles. The van der Waals surface area contributed by atoms with Gasteiger partial charge in [-0.05, 0) is 29.8 Å². The molecule has 5 nitrogen and oxygen atoms in total. The lowest BCUT2D eigenvalue weighted by Crippen LogP contribution is -2.28. The van der Waals surface area contributed by atoms with E-state index in [1.807, 2.05) is 73.9 Å². The second-order valence-corrected chi connectivity index (χ2v) is 5.33. The largest absolute Gasteiger partial charge is 0.393 e. The van der Waals surface area contributed by atoms with Crippen LogP contribution in [0.25, 0.3) is 0 Å². The van der Waals surface area contributed by atoms with Gasteiger partial charge in [-0.1, -0.05) is 36.9 Å². The second-order valence-electron chi connectivity index (χ2n) is 5.33. The maximum absolute atomic E-state index is 3.96. The molecule has 0 aliphatic heterocycles. The van der Waals surface area contributed by atoms with Gasteiger partial charge in [0.1, 0.15) is 5.82 Å². The van der Waals surface area contributed by atoms with Crippen molar-refractivity contribution in [2.45, 2.75) is 6.54 Å². The highest BCUT2D eigenvalue weighted by molar-refractivity contribution is 5.53. The van der Waals surface area contributed by atoms with E-state index in [0.717, 1.165) is 23.7 Å². The first-order valence-electron chi connectivity index (χ1n) is 7.84. The minimum atomic E-state index is 0.743. The van der Waals surface area contributed by atoms with Crippen LogP contribution in [0.3, 0.4) is 0 Å². The van der Waals surface area contributed by atoms with Gasteiger partial charge in [0.25, 0.3) is 0 Å². The molecule has 0 saturated carbocycles. The van der Waals surface area contributed by atoms with Crippen LogP contribution in [0.5, 0.6) is 0 Å². The molecule has 2 aromatic rings. The fourth-order valence-corrected chi connectivity index (χ4v) is 1.98. The molecule has 0 amide bonds. The molecule has 0 fully saturated rings. The number of anilines is 2. The van der Waals surface area contributed by atoms with E-state index in [4.69, 9.17) is 0 Å². The van der Waals surface area contributed by atoms with Crippen LogP contribution in [0, 0.1) is 0 Å². The van der Waals surface area contributed by atoms with E-state index in [9.17, 15) is 0 Å². The lowest BCUT2D eigenvalue weighted by atomic mass is 10.2. The van der Waals surface area contributed by atoms with Crippen LogP contribution in [0.1, 0.15) is 5.56 Å². The van der Waals surface area contributed by atoms with Crippen LogP contribution < -0.4 is 21.5 Å². The van der Waals surface area contributed by atoms with Crippen molar-refractivity contribution in [2.75, 3.05) is 24.8 Å². The topological polar surface area (TPSA) is 51.4 Å². The summed E-state index contributed by atoms with van der Waals surface area (Å²) in [6.45, 7) is 4.77. The van der Waals surface area contributed by atoms with E-state index >= 15 is 0 Å². The first-order valence-corrected chi connectivity index (χ1v) is 7.84. The van der Waals surface area contributed by atoms with E-state index in [2.05, 4.69) is 40.2 Å². The van der Waals surface area contributed by atoms with Crippen LogP contribution in [0.2, 0.25) is 0 Å². The average molecular weight is 323 g/mol. The Labute approximate surface area is 144 Å². The summed E-state index contributed by atoms with van der Waals surface area (Å²) in [5.41, 5.74) is 9.50. The minimum Gasteiger partial charge on any atom is -0.393 e. The fourth-order valence-electron chi connectivity index (χ4n) is 1.98. The third-order valence-corrected chi connectivity index (χ3v) is 3.47. The summed E-state index contributed by atoms with van der Waals surface area (Å²) in [6, 6.07) is 18.4. The zero-order valence-corrected chi connectivity index (χ0v) is 14.2. The van der Waals surface area contributed by atoms with Gasteiger partial charge in [0, 0.05) is 38.7 Å². The zero-order chi connectivity index (χ0) is 17.2. The van der Waals surface area contributed by atoms with Gasteiger partial charge in [-0.25, -0.2) is 0 Å². The second kappa shape index (κ2) is 9.15. The molecule has 0 bridgehead atoms. The van der Waals surface area contributed by atoms with Crippen molar-refractivity contribution in [3.05, 3.63) is 85.0 Å². The molecule has 5 heteroatoms. The van der Waals surface area contributed by atoms with Gasteiger partial charge in [0.15, 0.2) is 0 Å². The Kier molecular flexibility index (Phi) is 6.58. The van der Waals surface area contributed by atoms with Crippen molar-refractivity contribution in [2.24, 2.45) is 0 Å². The van der Waals surface area contributed by atoms with Crippen LogP contribution >= 0.6 is 0 Å². The summed E-state index contributed by atoms with van der Waals surface area (Å²) in [7, 11) is 3.77. The quantitative estimate of drug-likeness (QED) is 0.534. The molecule has 0 radical (unpaired) electrons. The third-order valence-electron chi connectivity index (χ3n) is 3.47. The number of benzene rings is 2. The van der Waals surface area contributed by atoms with Gasteiger partial charge < -0.3 is 15.5 Å². The predicted octanol–water partition coefficient (Wildman–Crippen LogP) is 3.31. The summed E-state index contributed by atoms with van der Waals surface area (Å²) >= 11 is 0. The number of rotatable bonds is 9. The molecule has 0 atom stereocenters. The summed E-state index contributed by atoms with van der Waals surface area (Å²) in [5, 5.41) is 6.34. The molecule has 0 saturated heterocycles. The monoisotopic (exact) mass is 323 g/mol. The molecule has 0 spiro atoms. The molecule has 2 aromatic carbocycles. The van der Waals surface area contributed by atoms with E-state index in [0.29, 0.717) is 0 Å². The molecule has 0 aliphatic rings. The number of nitrogens with one attached hydrogen (secondary N) is 4. The van der Waals surface area contributed by atoms with Crippen molar-refractivity contribution in [3.8, 4) is 0 Å². The highest BCUT2D eigenvalue weighted by atomic mass is 15.4. The fraction of sp³-hybridized carbons (Fsp3) is 0.158. The van der Waals surface area contributed by atoms with Gasteiger partial charge in [0.2, 0.25) is 0 Å². The standard InChI is InChI=1S/C19H25N5/c1-16(24(3)14-13-20-2)22-23-19-11-9-18(10-12-19)21-15-17-7-5-4-6-8-17/h4-14,20-23H,1,15H2,2-3H3. The molecule has 0 unspecified atom stereocenters. The Morgan fingerprint density at radius 1 is 1.04 bits per heavy atom. The molecule has 0 aromatic heterocycles. The SMILES string of the molecule is C=C(NNc1ccc(NCc2ccccc2)cc1)N(C)C=CNC. The van der Waals surface area contributed by atoms with Gasteiger partial charge in [-0.2, -0.15) is 0 Å². The van der Waals surface area contributed by atoms with Crippen LogP contribution in [0.15, 0.2) is 79.4 Å². The third kappa shape index (κ3) is 5.61. The Morgan fingerprint density at radius 2 is 1.71 bits per heavy atom. The Bertz CT molecular complexity index is 649. The molecule has 4 N–H and O–H groups in total. The van der Waals surface area contributed by atoms with Crippen molar-refractivity contribution in [1.82, 2.24) is 15.6 Å². The summed E-state index contributed by atoms with van der Waals surface area (Å²) in [6.07, 6.45) is 3.72. The minimum absolute atomic E-state index is 0.743. The van der Waals surface area contributed by atoms with Gasteiger partial charge in [-0.3, -0.25) is 10.9 Å². The molecular weight excluding hydrogens is 298 g/mol. The summed E-state index contributed by atoms with van der Waals surface area (Å²) < 4.78 is 0. The van der Waals surface area contributed by atoms with Crippen molar-refractivity contribution >= 4 is 11.4 Å². The van der Waals surface area contributed by atoms with Gasteiger partial charge in [0.05, 0.1) is 5.69 Å². The maximum Gasteiger partial charge on any atom is 0.116 e. The first-order chi connectivity index (χ1) is 11.7. The highest BCUT2D eigenvalue weighted by Gasteiger charge is 1.98. The Morgan fingerprint density at radius 3 is 2.38 bits per heavy atom. The maximum atomic E-state index is 3.96. The Balaban J connectivity index is 1.79. The first kappa shape index (κ1) is 17.3. The predicted molar refractivity (Wildman–Crippen MR) is 102 cm³/mol. The van der Waals surface area contributed by atoms with Gasteiger partial charge >= 0.3 is 0 Å². The van der Waals surface area contributed by atoms with Crippen LogP contribution in [-0.2, 0) is 6.54 Å². The lowest BCUT2D eigenvalue weighted by molar-refractivity contribution is 0.524. The molecule has 126 valence electrons. The van der Waals surface area contributed by atoms with Crippen molar-refractivity contribution < 1.29 is 0 Å². The Hall–Kier alpha value is -3.08. The van der Waals surface area contributed by atoms with E-state index < -0.39 is 0 Å². The van der Waals surface area contributed by atoms with Crippen molar-refractivity contribution in [3.63, 3.8) is 0 Å². The van der Waals surface area contributed by atoms with E-state index in [1.165, 1.54) is 5.56 Å². The number of nitrogens with zero attached hydrogens (tertiary/aromatic N) is 1. The lowest BCUT2D eigenvalue weighted by Gasteiger charge is -2.19. The average Bonchev–Trinajstić information content (AvgIpc) is 2.64. The van der Waals surface area contributed by atoms with Crippen LogP contribution in [0.4, 0.5) is 11.4 Å². The number of hydrogen-bond donors (Lipinski definition) is 4. The molecule has 0 aliphatic carbocycles. The summed E-state index contributed by atoms with van der Waals surface area (Å²) in [4.78, 5) is 1.87. The van der Waals surface area contributed by atoms with Crippen LogP contribution in [-0.4, -0.2) is 19.0 Å². The molecular formula is C19H25N5. The van der Waals surface area contributed by atoms with Crippen molar-refractivity contribution in [1.29, 1.82) is 0 Å². The summed E-state index contributed by atoms with van der Waals surface area (Å²) in [5.74, 6) is 0.743. The highest BCUT2D eigenvalue weighted by Crippen LogP contribution is 2.14. The number of hydrogen-bond acceptors (Lipinski definition) is 5.